The Bertz CT molecular complexity index is 788. The van der Waals surface area contributed by atoms with Gasteiger partial charge in [0.05, 0.1) is 11.8 Å². The molecular formula is C16H14F3NO5. The van der Waals surface area contributed by atoms with Crippen LogP contribution in [0.5, 0.6) is 5.75 Å². The zero-order chi connectivity index (χ0) is 18.6. The molecule has 1 amide bonds. The average Bonchev–Trinajstić information content (AvgIpc) is 2.86. The number of benzene rings is 1. The number of carboxylic acids is 1. The first kappa shape index (κ1) is 18.4. The second-order valence-corrected chi connectivity index (χ2v) is 5.07. The van der Waals surface area contributed by atoms with E-state index in [-0.39, 0.29) is 16.9 Å². The highest BCUT2D eigenvalue weighted by Crippen LogP contribution is 2.24. The SMILES string of the molecule is Cc1coc(CC(=O)O)c1C(=O)NCc1c(F)cccc1OC(F)F. The molecule has 0 saturated carbocycles. The van der Waals surface area contributed by atoms with Crippen LogP contribution in [0.4, 0.5) is 13.2 Å². The van der Waals surface area contributed by atoms with E-state index in [1.807, 2.05) is 0 Å². The van der Waals surface area contributed by atoms with Crippen LogP contribution < -0.4 is 10.1 Å². The van der Waals surface area contributed by atoms with Crippen LogP contribution in [0.3, 0.4) is 0 Å². The number of ether oxygens (including phenoxy) is 1. The molecule has 1 aromatic carbocycles. The van der Waals surface area contributed by atoms with Gasteiger partial charge in [0.1, 0.15) is 23.7 Å². The van der Waals surface area contributed by atoms with E-state index in [1.165, 1.54) is 19.3 Å². The molecule has 0 aliphatic heterocycles. The summed E-state index contributed by atoms with van der Waals surface area (Å²) in [6, 6.07) is 3.39. The van der Waals surface area contributed by atoms with Crippen molar-refractivity contribution in [1.82, 2.24) is 5.32 Å². The summed E-state index contributed by atoms with van der Waals surface area (Å²) in [4.78, 5) is 23.1. The summed E-state index contributed by atoms with van der Waals surface area (Å²) in [5, 5.41) is 11.2. The van der Waals surface area contributed by atoms with Gasteiger partial charge in [-0.3, -0.25) is 9.59 Å². The van der Waals surface area contributed by atoms with Crippen LogP contribution in [0.2, 0.25) is 0 Å². The molecule has 25 heavy (non-hydrogen) atoms. The lowest BCUT2D eigenvalue weighted by Gasteiger charge is -2.12. The summed E-state index contributed by atoms with van der Waals surface area (Å²) in [5.74, 6) is -3.18. The number of amides is 1. The minimum atomic E-state index is -3.14. The quantitative estimate of drug-likeness (QED) is 0.795. The smallest absolute Gasteiger partial charge is 0.387 e. The van der Waals surface area contributed by atoms with Crippen LogP contribution in [0.25, 0.3) is 0 Å². The number of rotatable bonds is 7. The largest absolute Gasteiger partial charge is 0.481 e. The van der Waals surface area contributed by atoms with Gasteiger partial charge in [0.15, 0.2) is 0 Å². The number of alkyl halides is 2. The molecule has 0 aliphatic carbocycles. The first-order valence-electron chi connectivity index (χ1n) is 7.08. The Labute approximate surface area is 140 Å². The Kier molecular flexibility index (Phi) is 5.68. The normalized spacial score (nSPS) is 10.8. The van der Waals surface area contributed by atoms with E-state index in [9.17, 15) is 22.8 Å². The van der Waals surface area contributed by atoms with E-state index in [0.717, 1.165) is 12.1 Å². The maximum atomic E-state index is 13.9. The third kappa shape index (κ3) is 4.52. The molecule has 2 rings (SSSR count). The van der Waals surface area contributed by atoms with Crippen LogP contribution in [0, 0.1) is 12.7 Å². The van der Waals surface area contributed by atoms with Crippen molar-refractivity contribution in [2.24, 2.45) is 0 Å². The Morgan fingerprint density at radius 2 is 2.08 bits per heavy atom. The number of nitrogens with one attached hydrogen (secondary N) is 1. The topological polar surface area (TPSA) is 88.8 Å². The predicted molar refractivity (Wildman–Crippen MR) is 79.0 cm³/mol. The number of aryl methyl sites for hydroxylation is 1. The second-order valence-electron chi connectivity index (χ2n) is 5.07. The molecule has 0 unspecified atom stereocenters. The van der Waals surface area contributed by atoms with Crippen molar-refractivity contribution < 1.29 is 37.0 Å². The zero-order valence-corrected chi connectivity index (χ0v) is 13.0. The molecule has 134 valence electrons. The highest BCUT2D eigenvalue weighted by atomic mass is 19.3. The van der Waals surface area contributed by atoms with Gasteiger partial charge in [0.25, 0.3) is 5.91 Å². The fourth-order valence-electron chi connectivity index (χ4n) is 2.24. The van der Waals surface area contributed by atoms with Crippen molar-refractivity contribution in [3.05, 3.63) is 52.7 Å². The third-order valence-electron chi connectivity index (χ3n) is 3.31. The Hall–Kier alpha value is -2.97. The number of aliphatic carboxylic acids is 1. The van der Waals surface area contributed by atoms with Gasteiger partial charge in [-0.25, -0.2) is 4.39 Å². The Morgan fingerprint density at radius 1 is 1.36 bits per heavy atom. The lowest BCUT2D eigenvalue weighted by molar-refractivity contribution is -0.136. The molecule has 2 N–H and O–H groups in total. The molecule has 1 aromatic heterocycles. The highest BCUT2D eigenvalue weighted by molar-refractivity contribution is 5.97. The minimum Gasteiger partial charge on any atom is -0.481 e. The fourth-order valence-corrected chi connectivity index (χ4v) is 2.24. The van der Waals surface area contributed by atoms with Crippen molar-refractivity contribution in [2.75, 3.05) is 0 Å². The van der Waals surface area contributed by atoms with E-state index < -0.39 is 43.0 Å². The van der Waals surface area contributed by atoms with E-state index >= 15 is 0 Å². The summed E-state index contributed by atoms with van der Waals surface area (Å²) < 4.78 is 47.9. The summed E-state index contributed by atoms with van der Waals surface area (Å²) in [5.41, 5.74) is 0.151. The molecule has 0 fully saturated rings. The first-order valence-corrected chi connectivity index (χ1v) is 7.08. The maximum absolute atomic E-state index is 13.9. The van der Waals surface area contributed by atoms with Crippen molar-refractivity contribution >= 4 is 11.9 Å². The monoisotopic (exact) mass is 357 g/mol. The molecule has 0 bridgehead atoms. The standard InChI is InChI=1S/C16H14F3NO5/c1-8-7-24-12(5-13(21)22)14(8)15(23)20-6-9-10(17)3-2-4-11(9)25-16(18)19/h2-4,7,16H,5-6H2,1H3,(H,20,23)(H,21,22). The summed E-state index contributed by atoms with van der Waals surface area (Å²) in [6.07, 6.45) is 0.720. The highest BCUT2D eigenvalue weighted by Gasteiger charge is 2.21. The Morgan fingerprint density at radius 3 is 2.72 bits per heavy atom. The number of furan rings is 1. The summed E-state index contributed by atoms with van der Waals surface area (Å²) in [7, 11) is 0. The lowest BCUT2D eigenvalue weighted by atomic mass is 10.1. The van der Waals surface area contributed by atoms with E-state index in [0.29, 0.717) is 5.56 Å². The van der Waals surface area contributed by atoms with E-state index in [1.54, 1.807) is 0 Å². The lowest BCUT2D eigenvalue weighted by Crippen LogP contribution is -2.25. The van der Waals surface area contributed by atoms with E-state index in [4.69, 9.17) is 9.52 Å². The van der Waals surface area contributed by atoms with Crippen LogP contribution in [0.15, 0.2) is 28.9 Å². The minimum absolute atomic E-state index is 0.00932. The number of hydrogen-bond acceptors (Lipinski definition) is 4. The third-order valence-corrected chi connectivity index (χ3v) is 3.31. The Balaban J connectivity index is 2.19. The van der Waals surface area contributed by atoms with Gasteiger partial charge in [0, 0.05) is 17.7 Å². The maximum Gasteiger partial charge on any atom is 0.387 e. The molecule has 6 nitrogen and oxygen atoms in total. The fraction of sp³-hybridized carbons (Fsp3) is 0.250. The number of halogens is 3. The second kappa shape index (κ2) is 7.73. The van der Waals surface area contributed by atoms with Crippen LogP contribution in [-0.2, 0) is 17.8 Å². The van der Waals surface area contributed by atoms with Gasteiger partial charge in [-0.15, -0.1) is 0 Å². The number of carboxylic acid groups (broad SMARTS) is 1. The van der Waals surface area contributed by atoms with Gasteiger partial charge in [-0.05, 0) is 19.1 Å². The molecule has 0 spiro atoms. The van der Waals surface area contributed by atoms with Gasteiger partial charge in [-0.1, -0.05) is 6.07 Å². The predicted octanol–water partition coefficient (Wildman–Crippen LogP) is 2.89. The molecule has 0 atom stereocenters. The number of hydrogen-bond donors (Lipinski definition) is 2. The molecule has 2 aromatic rings. The first-order chi connectivity index (χ1) is 11.8. The van der Waals surface area contributed by atoms with Crippen molar-refractivity contribution in [2.45, 2.75) is 26.5 Å². The van der Waals surface area contributed by atoms with Crippen molar-refractivity contribution in [3.63, 3.8) is 0 Å². The van der Waals surface area contributed by atoms with E-state index in [2.05, 4.69) is 10.1 Å². The van der Waals surface area contributed by atoms with Crippen LogP contribution >= 0.6 is 0 Å². The zero-order valence-electron chi connectivity index (χ0n) is 13.0. The summed E-state index contributed by atoms with van der Waals surface area (Å²) in [6.45, 7) is -2.03. The van der Waals surface area contributed by atoms with Gasteiger partial charge in [-0.2, -0.15) is 8.78 Å². The average molecular weight is 357 g/mol. The van der Waals surface area contributed by atoms with Crippen molar-refractivity contribution in [1.29, 1.82) is 0 Å². The molecule has 9 heteroatoms. The molecular weight excluding hydrogens is 343 g/mol. The number of carbonyl (C=O) groups excluding carboxylic acids is 1. The van der Waals surface area contributed by atoms with Gasteiger partial charge >= 0.3 is 12.6 Å². The summed E-state index contributed by atoms with van der Waals surface area (Å²) >= 11 is 0. The van der Waals surface area contributed by atoms with Gasteiger partial charge in [0.2, 0.25) is 0 Å². The van der Waals surface area contributed by atoms with Crippen molar-refractivity contribution in [3.8, 4) is 5.75 Å². The van der Waals surface area contributed by atoms with Crippen LogP contribution in [0.1, 0.15) is 27.2 Å². The molecule has 0 aliphatic rings. The molecule has 1 heterocycles. The molecule has 0 saturated heterocycles. The molecule has 0 radical (unpaired) electrons. The van der Waals surface area contributed by atoms with Crippen LogP contribution in [-0.4, -0.2) is 23.6 Å². The van der Waals surface area contributed by atoms with Gasteiger partial charge < -0.3 is 19.6 Å². The number of carbonyl (C=O) groups is 2.